The Bertz CT molecular complexity index is 626. The number of alkyl halides is 3. The van der Waals surface area contributed by atoms with Crippen molar-refractivity contribution in [1.82, 2.24) is 4.98 Å². The second-order valence-electron chi connectivity index (χ2n) is 3.77. The molecule has 2 aromatic rings. The van der Waals surface area contributed by atoms with E-state index in [-0.39, 0.29) is 16.6 Å². The maximum atomic E-state index is 11.9. The van der Waals surface area contributed by atoms with Crippen molar-refractivity contribution >= 4 is 52.4 Å². The minimum atomic E-state index is -1.68. The van der Waals surface area contributed by atoms with Crippen LogP contribution in [0.25, 0.3) is 0 Å². The van der Waals surface area contributed by atoms with Gasteiger partial charge in [-0.15, -0.1) is 0 Å². The first-order valence-corrected chi connectivity index (χ1v) is 6.89. The Balaban J connectivity index is 2.26. The maximum absolute atomic E-state index is 11.9. The van der Waals surface area contributed by atoms with Crippen LogP contribution in [0.2, 0.25) is 5.15 Å². The van der Waals surface area contributed by atoms with E-state index in [0.717, 1.165) is 0 Å². The summed E-state index contributed by atoms with van der Waals surface area (Å²) in [6.07, 6.45) is 0. The summed E-state index contributed by atoms with van der Waals surface area (Å²) in [6.45, 7) is 0. The lowest BCUT2D eigenvalue weighted by Gasteiger charge is -2.12. The van der Waals surface area contributed by atoms with Crippen LogP contribution in [0.1, 0.15) is 15.9 Å². The van der Waals surface area contributed by atoms with Crippen LogP contribution in [-0.4, -0.2) is 11.0 Å². The topological polar surface area (TPSA) is 39.2 Å². The summed E-state index contributed by atoms with van der Waals surface area (Å²) in [7, 11) is 0. The molecular weight excluding hydrogens is 344 g/mol. The van der Waals surface area contributed by atoms with Gasteiger partial charge in [0.1, 0.15) is 5.15 Å². The number of rotatable bonds is 2. The molecule has 1 aromatic heterocycles. The third kappa shape index (κ3) is 4.00. The van der Waals surface area contributed by atoms with Crippen molar-refractivity contribution in [3.8, 4) is 5.88 Å². The number of aromatic nitrogens is 1. The lowest BCUT2D eigenvalue weighted by Crippen LogP contribution is -2.10. The number of nitrogens with zero attached hydrogens (tertiary/aromatic N) is 1. The van der Waals surface area contributed by atoms with Crippen LogP contribution < -0.4 is 4.74 Å². The van der Waals surface area contributed by atoms with Crippen LogP contribution in [0.5, 0.6) is 5.88 Å². The molecule has 0 aliphatic carbocycles. The number of benzene rings is 1. The molecule has 0 fully saturated rings. The lowest BCUT2D eigenvalue weighted by atomic mass is 10.2. The van der Waals surface area contributed by atoms with E-state index in [0.29, 0.717) is 5.56 Å². The van der Waals surface area contributed by atoms with Gasteiger partial charge in [0, 0.05) is 11.6 Å². The Morgan fingerprint density at radius 1 is 1.10 bits per heavy atom. The maximum Gasteiger partial charge on any atom is 0.344 e. The fourth-order valence-electron chi connectivity index (χ4n) is 1.42. The molecule has 0 saturated carbocycles. The zero-order valence-electron chi connectivity index (χ0n) is 9.82. The van der Waals surface area contributed by atoms with Crippen LogP contribution in [0.15, 0.2) is 42.5 Å². The highest BCUT2D eigenvalue weighted by Gasteiger charge is 2.25. The molecule has 20 heavy (non-hydrogen) atoms. The van der Waals surface area contributed by atoms with E-state index in [4.69, 9.17) is 51.1 Å². The number of esters is 1. The average molecular weight is 351 g/mol. The Morgan fingerprint density at radius 2 is 1.75 bits per heavy atom. The molecule has 0 amide bonds. The molecule has 0 aliphatic heterocycles. The van der Waals surface area contributed by atoms with Crippen LogP contribution in [0.3, 0.4) is 0 Å². The van der Waals surface area contributed by atoms with Gasteiger partial charge in [-0.3, -0.25) is 0 Å². The Kier molecular flexibility index (Phi) is 4.76. The molecule has 104 valence electrons. The molecule has 1 aromatic carbocycles. The van der Waals surface area contributed by atoms with Gasteiger partial charge in [-0.2, -0.15) is 0 Å². The highest BCUT2D eigenvalue weighted by Crippen LogP contribution is 2.40. The van der Waals surface area contributed by atoms with Gasteiger partial charge in [-0.05, 0) is 18.2 Å². The number of halogens is 4. The van der Waals surface area contributed by atoms with Gasteiger partial charge in [0.05, 0.1) is 5.56 Å². The van der Waals surface area contributed by atoms with E-state index in [9.17, 15) is 4.79 Å². The fourth-order valence-corrected chi connectivity index (χ4v) is 1.95. The molecule has 0 aliphatic rings. The monoisotopic (exact) mass is 349 g/mol. The van der Waals surface area contributed by atoms with Crippen molar-refractivity contribution in [2.24, 2.45) is 0 Å². The number of carbonyl (C=O) groups excluding carboxylic acids is 1. The smallest absolute Gasteiger partial charge is 0.344 e. The van der Waals surface area contributed by atoms with Gasteiger partial charge < -0.3 is 4.74 Å². The van der Waals surface area contributed by atoms with Crippen molar-refractivity contribution < 1.29 is 9.53 Å². The molecule has 0 bridgehead atoms. The largest absolute Gasteiger partial charge is 0.404 e. The van der Waals surface area contributed by atoms with E-state index < -0.39 is 9.76 Å². The third-order valence-corrected chi connectivity index (χ3v) is 3.15. The zero-order valence-corrected chi connectivity index (χ0v) is 12.8. The molecule has 0 saturated heterocycles. The molecule has 0 spiro atoms. The van der Waals surface area contributed by atoms with Crippen LogP contribution >= 0.6 is 46.4 Å². The second-order valence-corrected chi connectivity index (χ2v) is 6.44. The number of carbonyl (C=O) groups is 1. The van der Waals surface area contributed by atoms with Gasteiger partial charge in [-0.25, -0.2) is 9.78 Å². The van der Waals surface area contributed by atoms with Crippen LogP contribution in [-0.2, 0) is 3.79 Å². The standard InChI is InChI=1S/C13H7Cl4NO2/c14-10-6-9(13(15,16)17)7-11(18-10)20-12(19)8-4-2-1-3-5-8/h1-7H. The van der Waals surface area contributed by atoms with Crippen molar-refractivity contribution in [3.05, 3.63) is 58.7 Å². The molecule has 7 heteroatoms. The van der Waals surface area contributed by atoms with E-state index in [1.807, 2.05) is 0 Å². The zero-order chi connectivity index (χ0) is 14.8. The Morgan fingerprint density at radius 3 is 2.35 bits per heavy atom. The highest BCUT2D eigenvalue weighted by molar-refractivity contribution is 6.66. The molecule has 2 rings (SSSR count). The van der Waals surface area contributed by atoms with Crippen LogP contribution in [0, 0.1) is 0 Å². The van der Waals surface area contributed by atoms with E-state index in [1.165, 1.54) is 12.1 Å². The number of pyridine rings is 1. The minimum absolute atomic E-state index is 0.0346. The molecule has 3 nitrogen and oxygen atoms in total. The first-order valence-electron chi connectivity index (χ1n) is 5.38. The lowest BCUT2D eigenvalue weighted by molar-refractivity contribution is 0.0727. The first kappa shape index (κ1) is 15.4. The summed E-state index contributed by atoms with van der Waals surface area (Å²) in [5.41, 5.74) is 0.642. The molecule has 0 N–H and O–H groups in total. The summed E-state index contributed by atoms with van der Waals surface area (Å²) < 4.78 is 3.43. The predicted molar refractivity (Wildman–Crippen MR) is 79.9 cm³/mol. The summed E-state index contributed by atoms with van der Waals surface area (Å²) in [4.78, 5) is 15.7. The van der Waals surface area contributed by atoms with Crippen molar-refractivity contribution in [1.29, 1.82) is 0 Å². The predicted octanol–water partition coefficient (Wildman–Crippen LogP) is 4.78. The molecule has 0 unspecified atom stereocenters. The summed E-state index contributed by atoms with van der Waals surface area (Å²) in [6, 6.07) is 11.2. The third-order valence-electron chi connectivity index (χ3n) is 2.30. The van der Waals surface area contributed by atoms with Gasteiger partial charge in [0.2, 0.25) is 9.67 Å². The SMILES string of the molecule is O=C(Oc1cc(C(Cl)(Cl)Cl)cc(Cl)n1)c1ccccc1. The minimum Gasteiger partial charge on any atom is -0.404 e. The Labute approximate surface area is 135 Å². The van der Waals surface area contributed by atoms with Gasteiger partial charge in [0.25, 0.3) is 0 Å². The summed E-state index contributed by atoms with van der Waals surface area (Å²) in [5.74, 6) is -0.608. The number of hydrogen-bond acceptors (Lipinski definition) is 3. The van der Waals surface area contributed by atoms with E-state index in [1.54, 1.807) is 30.3 Å². The van der Waals surface area contributed by atoms with E-state index in [2.05, 4.69) is 4.98 Å². The fraction of sp³-hybridized carbons (Fsp3) is 0.0769. The average Bonchev–Trinajstić information content (AvgIpc) is 2.38. The van der Waals surface area contributed by atoms with Gasteiger partial charge in [-0.1, -0.05) is 64.6 Å². The van der Waals surface area contributed by atoms with Gasteiger partial charge in [0.15, 0.2) is 0 Å². The van der Waals surface area contributed by atoms with Crippen molar-refractivity contribution in [3.63, 3.8) is 0 Å². The normalized spacial score (nSPS) is 11.2. The first-order chi connectivity index (χ1) is 9.36. The molecular formula is C13H7Cl4NO2. The summed E-state index contributed by atoms with van der Waals surface area (Å²) in [5, 5.41) is 0.0599. The quantitative estimate of drug-likeness (QED) is 0.444. The summed E-state index contributed by atoms with van der Waals surface area (Å²) >= 11 is 23.1. The highest BCUT2D eigenvalue weighted by atomic mass is 35.6. The van der Waals surface area contributed by atoms with Crippen LogP contribution in [0.4, 0.5) is 0 Å². The number of hydrogen-bond donors (Lipinski definition) is 0. The van der Waals surface area contributed by atoms with E-state index >= 15 is 0 Å². The van der Waals surface area contributed by atoms with Gasteiger partial charge >= 0.3 is 5.97 Å². The number of ether oxygens (including phenoxy) is 1. The second kappa shape index (κ2) is 6.19. The molecule has 0 atom stereocenters. The Hall–Kier alpha value is -1.00. The van der Waals surface area contributed by atoms with Crippen molar-refractivity contribution in [2.75, 3.05) is 0 Å². The molecule has 0 radical (unpaired) electrons. The molecule has 1 heterocycles. The van der Waals surface area contributed by atoms with Crippen molar-refractivity contribution in [2.45, 2.75) is 3.79 Å².